The van der Waals surface area contributed by atoms with E-state index in [9.17, 15) is 0 Å². The van der Waals surface area contributed by atoms with Gasteiger partial charge in [-0.15, -0.1) is 0 Å². The van der Waals surface area contributed by atoms with E-state index in [1.165, 1.54) is 6.42 Å². The predicted molar refractivity (Wildman–Crippen MR) is 108 cm³/mol. The van der Waals surface area contributed by atoms with Crippen LogP contribution in [-0.2, 0) is 6.54 Å². The monoisotopic (exact) mass is 601 g/mol. The molecule has 0 aliphatic heterocycles. The highest BCUT2D eigenvalue weighted by atomic mass is 79.9. The summed E-state index contributed by atoms with van der Waals surface area (Å²) in [6.07, 6.45) is 5.13. The third-order valence-corrected chi connectivity index (χ3v) is 5.42. The molecular formula is C18H23Br4NO2. The van der Waals surface area contributed by atoms with Gasteiger partial charge in [0.25, 0.3) is 0 Å². The molecule has 0 fully saturated rings. The minimum atomic E-state index is 0. The van der Waals surface area contributed by atoms with Gasteiger partial charge in [0.1, 0.15) is 12.3 Å². The summed E-state index contributed by atoms with van der Waals surface area (Å²) >= 11 is 10.5. The molecule has 0 radical (unpaired) electrons. The van der Waals surface area contributed by atoms with Crippen molar-refractivity contribution in [3.63, 3.8) is 0 Å². The molecule has 7 heteroatoms. The van der Waals surface area contributed by atoms with Crippen LogP contribution in [0, 0.1) is 0 Å². The summed E-state index contributed by atoms with van der Waals surface area (Å²) in [6, 6.07) is 7.98. The molecule has 140 valence electrons. The summed E-state index contributed by atoms with van der Waals surface area (Å²) in [7, 11) is 4.49. The highest BCUT2D eigenvalue weighted by Crippen LogP contribution is 2.36. The van der Waals surface area contributed by atoms with Crippen LogP contribution in [0.4, 0.5) is 0 Å². The Labute approximate surface area is 185 Å². The number of benzene rings is 1. The van der Waals surface area contributed by atoms with Gasteiger partial charge < -0.3 is 30.6 Å². The number of nitrogens with zero attached hydrogens (tertiary/aromatic N) is 1. The number of hydrogen-bond acceptors (Lipinski definition) is 2. The van der Waals surface area contributed by atoms with Crippen LogP contribution in [0.15, 0.2) is 48.4 Å². The lowest BCUT2D eigenvalue weighted by atomic mass is 10.2. The number of quaternary nitrogens is 1. The highest BCUT2D eigenvalue weighted by Gasteiger charge is 2.17. The smallest absolute Gasteiger partial charge is 0.158 e. The molecule has 0 saturated carbocycles. The molecule has 3 nitrogen and oxygen atoms in total. The molecule has 2 rings (SSSR count). The van der Waals surface area contributed by atoms with Gasteiger partial charge in [-0.3, -0.25) is 0 Å². The molecule has 0 unspecified atom stereocenters. The largest absolute Gasteiger partial charge is 1.00 e. The second kappa shape index (κ2) is 11.1. The average Bonchev–Trinajstić information content (AvgIpc) is 2.96. The number of unbranched alkanes of at least 4 members (excludes halogenated alkanes) is 2. The molecule has 0 bridgehead atoms. The molecule has 0 saturated heterocycles. The Balaban J connectivity index is 0.00000312. The van der Waals surface area contributed by atoms with E-state index in [2.05, 4.69) is 61.9 Å². The minimum Gasteiger partial charge on any atom is -1.00 e. The molecule has 0 atom stereocenters. The fraction of sp³-hybridized carbons (Fsp3) is 0.444. The zero-order chi connectivity index (χ0) is 17.6. The van der Waals surface area contributed by atoms with E-state index in [1.54, 1.807) is 6.26 Å². The normalized spacial score (nSPS) is 11.2. The third-order valence-electron chi connectivity index (χ3n) is 3.78. The standard InChI is InChI=1S/C18H23Br3NO2.BrH/c1-22(2,13-15-7-6-10-23-15)8-4-3-5-9-24-18-16(20)11-14(19)12-17(18)21;/h6-7,10-12H,3-5,8-9,13H2,1-2H3;1H/q+1;/p-1. The van der Waals surface area contributed by atoms with Gasteiger partial charge in [0.2, 0.25) is 0 Å². The Hall–Kier alpha value is 0.180. The van der Waals surface area contributed by atoms with Crippen LogP contribution in [0.25, 0.3) is 0 Å². The molecule has 2 aromatic rings. The van der Waals surface area contributed by atoms with Crippen molar-refractivity contribution in [2.75, 3.05) is 27.2 Å². The number of furan rings is 1. The van der Waals surface area contributed by atoms with Gasteiger partial charge in [-0.25, -0.2) is 0 Å². The average molecular weight is 605 g/mol. The van der Waals surface area contributed by atoms with Crippen molar-refractivity contribution in [1.82, 2.24) is 0 Å². The summed E-state index contributed by atoms with van der Waals surface area (Å²) in [5, 5.41) is 0. The lowest BCUT2D eigenvalue weighted by Gasteiger charge is -2.28. The van der Waals surface area contributed by atoms with Crippen molar-refractivity contribution in [2.24, 2.45) is 0 Å². The summed E-state index contributed by atoms with van der Waals surface area (Å²) in [4.78, 5) is 0. The Morgan fingerprint density at radius 1 is 1.04 bits per heavy atom. The van der Waals surface area contributed by atoms with Gasteiger partial charge in [0, 0.05) is 4.47 Å². The van der Waals surface area contributed by atoms with Crippen molar-refractivity contribution >= 4 is 47.8 Å². The van der Waals surface area contributed by atoms with Crippen LogP contribution < -0.4 is 21.7 Å². The maximum Gasteiger partial charge on any atom is 0.158 e. The Kier molecular flexibility index (Phi) is 10.3. The van der Waals surface area contributed by atoms with Crippen molar-refractivity contribution in [3.8, 4) is 5.75 Å². The van der Waals surface area contributed by atoms with E-state index in [0.29, 0.717) is 0 Å². The topological polar surface area (TPSA) is 22.4 Å². The number of rotatable bonds is 9. The summed E-state index contributed by atoms with van der Waals surface area (Å²) in [5.74, 6) is 1.92. The first-order valence-electron chi connectivity index (χ1n) is 7.99. The molecule has 1 heterocycles. The fourth-order valence-electron chi connectivity index (χ4n) is 2.56. The zero-order valence-corrected chi connectivity index (χ0v) is 20.7. The molecule has 0 N–H and O–H groups in total. The van der Waals surface area contributed by atoms with E-state index in [1.807, 2.05) is 24.3 Å². The van der Waals surface area contributed by atoms with Gasteiger partial charge in [0.05, 0.1) is 42.5 Å². The zero-order valence-electron chi connectivity index (χ0n) is 14.4. The van der Waals surface area contributed by atoms with Crippen molar-refractivity contribution in [1.29, 1.82) is 0 Å². The van der Waals surface area contributed by atoms with Gasteiger partial charge in [-0.1, -0.05) is 15.9 Å². The number of halogens is 4. The molecule has 0 spiro atoms. The lowest BCUT2D eigenvalue weighted by Crippen LogP contribution is -3.00. The van der Waals surface area contributed by atoms with Crippen LogP contribution in [0.2, 0.25) is 0 Å². The van der Waals surface area contributed by atoms with Crippen molar-refractivity contribution in [2.45, 2.75) is 25.8 Å². The van der Waals surface area contributed by atoms with Crippen LogP contribution in [0.1, 0.15) is 25.0 Å². The fourth-order valence-corrected chi connectivity index (χ4v) is 5.05. The quantitative estimate of drug-likeness (QED) is 0.324. The maximum atomic E-state index is 5.91. The number of ether oxygens (including phenoxy) is 1. The first-order chi connectivity index (χ1) is 11.4. The molecule has 0 aliphatic carbocycles. The molecule has 0 amide bonds. The highest BCUT2D eigenvalue weighted by molar-refractivity contribution is 9.11. The van der Waals surface area contributed by atoms with Gasteiger partial charge in [-0.2, -0.15) is 0 Å². The first-order valence-corrected chi connectivity index (χ1v) is 10.4. The summed E-state index contributed by atoms with van der Waals surface area (Å²) in [5.41, 5.74) is 0. The molecular weight excluding hydrogens is 582 g/mol. The van der Waals surface area contributed by atoms with Crippen LogP contribution in [-0.4, -0.2) is 31.7 Å². The second-order valence-electron chi connectivity index (χ2n) is 6.50. The Morgan fingerprint density at radius 2 is 1.72 bits per heavy atom. The maximum absolute atomic E-state index is 5.91. The second-order valence-corrected chi connectivity index (χ2v) is 9.13. The number of hydrogen-bond donors (Lipinski definition) is 0. The Bertz CT molecular complexity index is 622. The molecule has 1 aromatic carbocycles. The molecule has 25 heavy (non-hydrogen) atoms. The van der Waals surface area contributed by atoms with Gasteiger partial charge in [0.15, 0.2) is 5.76 Å². The Morgan fingerprint density at radius 3 is 2.32 bits per heavy atom. The van der Waals surface area contributed by atoms with Crippen molar-refractivity contribution in [3.05, 3.63) is 49.7 Å². The summed E-state index contributed by atoms with van der Waals surface area (Å²) < 4.78 is 15.2. The SMILES string of the molecule is C[N+](C)(CCCCCOc1c(Br)cc(Br)cc1Br)Cc1ccco1.[Br-]. The van der Waals surface area contributed by atoms with Crippen LogP contribution >= 0.6 is 47.8 Å². The third kappa shape index (κ3) is 8.16. The van der Waals surface area contributed by atoms with E-state index >= 15 is 0 Å². The van der Waals surface area contributed by atoms with Crippen molar-refractivity contribution < 1.29 is 30.6 Å². The van der Waals surface area contributed by atoms with Crippen LogP contribution in [0.5, 0.6) is 5.75 Å². The van der Waals surface area contributed by atoms with E-state index < -0.39 is 0 Å². The van der Waals surface area contributed by atoms with E-state index in [0.717, 1.165) is 61.9 Å². The van der Waals surface area contributed by atoms with Gasteiger partial charge in [-0.05, 0) is 75.4 Å². The van der Waals surface area contributed by atoms with Crippen LogP contribution in [0.3, 0.4) is 0 Å². The van der Waals surface area contributed by atoms with E-state index in [4.69, 9.17) is 9.15 Å². The summed E-state index contributed by atoms with van der Waals surface area (Å²) in [6.45, 7) is 2.79. The first kappa shape index (κ1) is 23.2. The molecule has 0 aliphatic rings. The molecule has 1 aromatic heterocycles. The van der Waals surface area contributed by atoms with Gasteiger partial charge >= 0.3 is 0 Å². The predicted octanol–water partition coefficient (Wildman–Crippen LogP) is 3.40. The minimum absolute atomic E-state index is 0. The van der Waals surface area contributed by atoms with E-state index in [-0.39, 0.29) is 17.0 Å². The lowest BCUT2D eigenvalue weighted by molar-refractivity contribution is -0.904.